The van der Waals surface area contributed by atoms with Gasteiger partial charge in [-0.1, -0.05) is 6.07 Å². The summed E-state index contributed by atoms with van der Waals surface area (Å²) in [7, 11) is 0. The van der Waals surface area contributed by atoms with Crippen molar-refractivity contribution >= 4 is 28.8 Å². The molecule has 216 valence electrons. The van der Waals surface area contributed by atoms with Crippen LogP contribution in [0, 0.1) is 5.82 Å². The van der Waals surface area contributed by atoms with Gasteiger partial charge in [-0.05, 0) is 83.4 Å². The van der Waals surface area contributed by atoms with E-state index < -0.39 is 17.0 Å². The maximum absolute atomic E-state index is 14.5. The van der Waals surface area contributed by atoms with E-state index in [-0.39, 0.29) is 40.1 Å². The van der Waals surface area contributed by atoms with Gasteiger partial charge in [0.05, 0.1) is 0 Å². The maximum atomic E-state index is 14.5. The first-order valence-corrected chi connectivity index (χ1v) is 13.5. The van der Waals surface area contributed by atoms with Crippen molar-refractivity contribution in [2.24, 2.45) is 0 Å². The van der Waals surface area contributed by atoms with Gasteiger partial charge in [-0.3, -0.25) is 4.79 Å². The highest BCUT2D eigenvalue weighted by Crippen LogP contribution is 2.27. The molecule has 3 aromatic heterocycles. The number of hydrogen-bond donors (Lipinski definition) is 2. The standard InChI is InChI=1S/C29H34FN7O4/c1-7-36-25(38)20-15-31-26(34-24(20)37(36)22-11-10-21(30)23(33-22)29(5,6)40)32-19-9-8-17-12-13-35(16-18(17)14-19)27(39)41-28(2,3)4/h8-11,14-15,40H,7,12-13,16H2,1-6H3,(H,31,32,34). The number of nitrogens with zero attached hydrogens (tertiary/aromatic N) is 6. The van der Waals surface area contributed by atoms with Gasteiger partial charge >= 0.3 is 6.09 Å². The Morgan fingerprint density at radius 3 is 2.56 bits per heavy atom. The summed E-state index contributed by atoms with van der Waals surface area (Å²) in [6, 6.07) is 8.51. The van der Waals surface area contributed by atoms with Crippen molar-refractivity contribution in [3.63, 3.8) is 0 Å². The molecule has 1 aliphatic rings. The zero-order valence-corrected chi connectivity index (χ0v) is 24.0. The Morgan fingerprint density at radius 1 is 1.12 bits per heavy atom. The van der Waals surface area contributed by atoms with E-state index in [1.54, 1.807) is 11.8 Å². The van der Waals surface area contributed by atoms with Crippen LogP contribution < -0.4 is 10.9 Å². The number of ether oxygens (including phenoxy) is 1. The van der Waals surface area contributed by atoms with E-state index in [1.165, 1.54) is 41.5 Å². The van der Waals surface area contributed by atoms with E-state index in [2.05, 4.69) is 20.3 Å². The van der Waals surface area contributed by atoms with Gasteiger partial charge in [-0.25, -0.2) is 28.5 Å². The third-order valence-corrected chi connectivity index (χ3v) is 6.73. The average Bonchev–Trinajstić information content (AvgIpc) is 3.17. The van der Waals surface area contributed by atoms with E-state index in [4.69, 9.17) is 4.74 Å². The van der Waals surface area contributed by atoms with Crippen LogP contribution in [0.15, 0.2) is 41.3 Å². The number of pyridine rings is 1. The first kappa shape index (κ1) is 28.2. The molecule has 41 heavy (non-hydrogen) atoms. The summed E-state index contributed by atoms with van der Waals surface area (Å²) in [6.45, 7) is 11.5. The fourth-order valence-electron chi connectivity index (χ4n) is 4.83. The van der Waals surface area contributed by atoms with Gasteiger partial charge in [0.1, 0.15) is 28.1 Å². The van der Waals surface area contributed by atoms with Crippen LogP contribution in [0.5, 0.6) is 0 Å². The van der Waals surface area contributed by atoms with Crippen molar-refractivity contribution in [2.75, 3.05) is 11.9 Å². The Kier molecular flexibility index (Phi) is 7.06. The lowest BCUT2D eigenvalue weighted by Gasteiger charge is -2.31. The second-order valence-electron chi connectivity index (χ2n) is 11.6. The lowest BCUT2D eigenvalue weighted by Crippen LogP contribution is -2.39. The molecule has 0 bridgehead atoms. The number of halogens is 1. The Morgan fingerprint density at radius 2 is 1.88 bits per heavy atom. The minimum absolute atomic E-state index is 0.145. The summed E-state index contributed by atoms with van der Waals surface area (Å²) in [5, 5.41) is 13.9. The molecular weight excluding hydrogens is 529 g/mol. The number of benzene rings is 1. The molecule has 0 fully saturated rings. The van der Waals surface area contributed by atoms with Crippen LogP contribution >= 0.6 is 0 Å². The Hall–Kier alpha value is -4.32. The van der Waals surface area contributed by atoms with E-state index >= 15 is 0 Å². The molecule has 0 radical (unpaired) electrons. The molecule has 1 aromatic carbocycles. The monoisotopic (exact) mass is 563 g/mol. The number of nitrogens with one attached hydrogen (secondary N) is 1. The summed E-state index contributed by atoms with van der Waals surface area (Å²) in [4.78, 5) is 40.8. The van der Waals surface area contributed by atoms with E-state index in [9.17, 15) is 19.1 Å². The van der Waals surface area contributed by atoms with Gasteiger partial charge in [0, 0.05) is 31.5 Å². The highest BCUT2D eigenvalue weighted by atomic mass is 19.1. The van der Waals surface area contributed by atoms with E-state index in [0.29, 0.717) is 31.7 Å². The molecule has 4 aromatic rings. The summed E-state index contributed by atoms with van der Waals surface area (Å²) >= 11 is 0. The van der Waals surface area contributed by atoms with Crippen molar-refractivity contribution in [1.82, 2.24) is 29.2 Å². The number of aromatic nitrogens is 5. The number of carbonyl (C=O) groups excluding carboxylic acids is 1. The van der Waals surface area contributed by atoms with E-state index in [0.717, 1.165) is 11.1 Å². The van der Waals surface area contributed by atoms with Gasteiger partial charge in [-0.15, -0.1) is 0 Å². The molecule has 5 rings (SSSR count). The Balaban J connectivity index is 1.49. The minimum Gasteiger partial charge on any atom is -0.444 e. The summed E-state index contributed by atoms with van der Waals surface area (Å²) in [5.74, 6) is -0.181. The highest BCUT2D eigenvalue weighted by molar-refractivity contribution is 5.77. The van der Waals surface area contributed by atoms with Gasteiger partial charge in [-0.2, -0.15) is 4.98 Å². The van der Waals surface area contributed by atoms with Crippen molar-refractivity contribution in [3.05, 3.63) is 69.5 Å². The highest BCUT2D eigenvalue weighted by Gasteiger charge is 2.27. The molecule has 12 heteroatoms. The molecule has 2 N–H and O–H groups in total. The molecule has 0 unspecified atom stereocenters. The molecule has 11 nitrogen and oxygen atoms in total. The van der Waals surface area contributed by atoms with Gasteiger partial charge in [0.15, 0.2) is 11.5 Å². The second kappa shape index (κ2) is 10.3. The van der Waals surface area contributed by atoms with Crippen LogP contribution in [0.4, 0.5) is 20.8 Å². The summed E-state index contributed by atoms with van der Waals surface area (Å²) in [5.41, 5.74) is 0.546. The largest absolute Gasteiger partial charge is 0.444 e. The number of carbonyl (C=O) groups is 1. The minimum atomic E-state index is -1.53. The smallest absolute Gasteiger partial charge is 0.410 e. The number of anilines is 2. The lowest BCUT2D eigenvalue weighted by atomic mass is 9.99. The predicted molar refractivity (Wildman–Crippen MR) is 152 cm³/mol. The molecular formula is C29H34FN7O4. The van der Waals surface area contributed by atoms with Crippen LogP contribution in [-0.4, -0.2) is 52.6 Å². The van der Waals surface area contributed by atoms with Crippen molar-refractivity contribution < 1.29 is 19.0 Å². The summed E-state index contributed by atoms with van der Waals surface area (Å²) < 4.78 is 23.0. The number of fused-ring (bicyclic) bond motifs is 2. The van der Waals surface area contributed by atoms with Crippen molar-refractivity contribution in [2.45, 2.75) is 72.3 Å². The fourth-order valence-corrected chi connectivity index (χ4v) is 4.83. The first-order chi connectivity index (χ1) is 19.2. The SMILES string of the molecule is CCn1c(=O)c2cnc(Nc3ccc4c(c3)CN(C(=O)OC(C)(C)C)CC4)nc2n1-c1ccc(F)c(C(C)(C)O)n1. The molecule has 0 spiro atoms. The van der Waals surface area contributed by atoms with E-state index in [1.807, 2.05) is 39.0 Å². The van der Waals surface area contributed by atoms with Crippen LogP contribution in [0.2, 0.25) is 0 Å². The molecule has 0 aliphatic carbocycles. The van der Waals surface area contributed by atoms with Gasteiger partial charge < -0.3 is 20.1 Å². The molecule has 0 saturated heterocycles. The fraction of sp³-hybridized carbons (Fsp3) is 0.414. The van der Waals surface area contributed by atoms with Crippen LogP contribution in [0.3, 0.4) is 0 Å². The average molecular weight is 564 g/mol. The molecule has 4 heterocycles. The molecule has 1 amide bonds. The number of amides is 1. The van der Waals surface area contributed by atoms with Crippen LogP contribution in [0.1, 0.15) is 58.4 Å². The third-order valence-electron chi connectivity index (χ3n) is 6.73. The zero-order chi connectivity index (χ0) is 29.7. The number of rotatable bonds is 5. The lowest BCUT2D eigenvalue weighted by molar-refractivity contribution is 0.0224. The van der Waals surface area contributed by atoms with Gasteiger partial charge in [0.2, 0.25) is 5.95 Å². The van der Waals surface area contributed by atoms with Crippen LogP contribution in [0.25, 0.3) is 16.9 Å². The predicted octanol–water partition coefficient (Wildman–Crippen LogP) is 4.40. The Labute approximate surface area is 236 Å². The zero-order valence-electron chi connectivity index (χ0n) is 24.0. The van der Waals surface area contributed by atoms with Crippen molar-refractivity contribution in [1.29, 1.82) is 0 Å². The second-order valence-corrected chi connectivity index (χ2v) is 11.6. The molecule has 0 saturated carbocycles. The maximum Gasteiger partial charge on any atom is 0.410 e. The molecule has 1 aliphatic heterocycles. The Bertz CT molecular complexity index is 1700. The van der Waals surface area contributed by atoms with Crippen molar-refractivity contribution in [3.8, 4) is 5.82 Å². The summed E-state index contributed by atoms with van der Waals surface area (Å²) in [6.07, 6.45) is 1.81. The topological polar surface area (TPSA) is 127 Å². The number of hydrogen-bond acceptors (Lipinski definition) is 8. The molecule has 0 atom stereocenters. The quantitative estimate of drug-likeness (QED) is 0.366. The van der Waals surface area contributed by atoms with Crippen LogP contribution in [-0.2, 0) is 29.8 Å². The number of aliphatic hydroxyl groups is 1. The first-order valence-electron chi connectivity index (χ1n) is 13.5. The third kappa shape index (κ3) is 5.64. The van der Waals surface area contributed by atoms with Gasteiger partial charge in [0.25, 0.3) is 5.56 Å². The normalized spacial score (nSPS) is 13.8.